The Hall–Kier alpha value is -1.55. The second kappa shape index (κ2) is 4.37. The highest BCUT2D eigenvalue weighted by molar-refractivity contribution is 7.59. The minimum absolute atomic E-state index is 0.0717. The zero-order valence-electron chi connectivity index (χ0n) is 7.88. The number of hydrogen-bond donors (Lipinski definition) is 0. The van der Waals surface area contributed by atoms with Gasteiger partial charge in [-0.25, -0.2) is 14.2 Å². The second-order valence-electron chi connectivity index (χ2n) is 2.71. The maximum absolute atomic E-state index is 12.4. The summed E-state index contributed by atoms with van der Waals surface area (Å²) >= 11 is 0.175. The van der Waals surface area contributed by atoms with Gasteiger partial charge in [-0.2, -0.15) is 17.9 Å². The lowest BCUT2D eigenvalue weighted by Crippen LogP contribution is -2.08. The van der Waals surface area contributed by atoms with Crippen molar-refractivity contribution in [3.63, 3.8) is 0 Å². The highest BCUT2D eigenvalue weighted by Gasteiger charge is 2.36. The normalized spacial score (nSPS) is 11.5. The maximum Gasteiger partial charge on any atom is 0.445 e. The van der Waals surface area contributed by atoms with Crippen LogP contribution >= 0.6 is 11.3 Å². The lowest BCUT2D eigenvalue weighted by Gasteiger charge is -1.99. The predicted molar refractivity (Wildman–Crippen MR) is 53.4 cm³/mol. The molecule has 2 aromatic rings. The van der Waals surface area contributed by atoms with E-state index >= 15 is 0 Å². The molecular weight excluding hydrogens is 277 g/mol. The van der Waals surface area contributed by atoms with Crippen molar-refractivity contribution < 1.29 is 17.4 Å². The molecule has 2 rings (SSSR count). The predicted octanol–water partition coefficient (Wildman–Crippen LogP) is 1.49. The van der Waals surface area contributed by atoms with E-state index in [2.05, 4.69) is 15.1 Å². The minimum Gasteiger partial charge on any atom is -0.220 e. The van der Waals surface area contributed by atoms with Gasteiger partial charge in [-0.1, -0.05) is 11.3 Å². The van der Waals surface area contributed by atoms with Gasteiger partial charge in [-0.15, -0.1) is 5.10 Å². The van der Waals surface area contributed by atoms with Gasteiger partial charge in [0.1, 0.15) is 11.3 Å². The Morgan fingerprint density at radius 2 is 1.94 bits per heavy atom. The first-order valence-electron chi connectivity index (χ1n) is 4.10. The van der Waals surface area contributed by atoms with Crippen LogP contribution in [0.1, 0.15) is 5.01 Å². The summed E-state index contributed by atoms with van der Waals surface area (Å²) in [6.45, 7) is 0. The smallest absolute Gasteiger partial charge is 0.220 e. The van der Waals surface area contributed by atoms with Crippen molar-refractivity contribution in [3.8, 4) is 5.95 Å². The summed E-state index contributed by atoms with van der Waals surface area (Å²) < 4.78 is 48.6. The van der Waals surface area contributed by atoms with Gasteiger partial charge in [0.15, 0.2) is 0 Å². The summed E-state index contributed by atoms with van der Waals surface area (Å²) in [6.07, 6.45) is -1.89. The van der Waals surface area contributed by atoms with Gasteiger partial charge >= 0.3 is 6.18 Å². The molecule has 0 atom stereocenters. The molecule has 17 heavy (non-hydrogen) atoms. The van der Waals surface area contributed by atoms with Crippen LogP contribution in [0.2, 0.25) is 0 Å². The molecule has 0 fully saturated rings. The summed E-state index contributed by atoms with van der Waals surface area (Å²) in [6, 6.07) is 1.51. The summed E-state index contributed by atoms with van der Waals surface area (Å²) in [5, 5.41) is 2.18. The van der Waals surface area contributed by atoms with Crippen LogP contribution in [-0.2, 0) is 17.4 Å². The molecule has 0 aliphatic carbocycles. The molecule has 0 saturated carbocycles. The van der Waals surface area contributed by atoms with E-state index in [1.54, 1.807) is 0 Å². The Morgan fingerprint density at radius 3 is 2.47 bits per heavy atom. The molecule has 0 amide bonds. The molecule has 0 saturated heterocycles. The maximum atomic E-state index is 12.4. The van der Waals surface area contributed by atoms with Crippen molar-refractivity contribution in [1.29, 1.82) is 0 Å². The van der Waals surface area contributed by atoms with Gasteiger partial charge in [-0.3, -0.25) is 0 Å². The van der Waals surface area contributed by atoms with E-state index in [4.69, 9.17) is 0 Å². The first kappa shape index (κ1) is 11.9. The number of alkyl halides is 3. The topological polar surface area (TPSA) is 60.7 Å². The molecule has 2 aromatic heterocycles. The fourth-order valence-electron chi connectivity index (χ4n) is 0.972. The first-order chi connectivity index (χ1) is 8.02. The van der Waals surface area contributed by atoms with Crippen LogP contribution in [-0.4, -0.2) is 24.0 Å². The van der Waals surface area contributed by atoms with Crippen molar-refractivity contribution in [2.24, 2.45) is 0 Å². The number of aromatic nitrogens is 4. The van der Waals surface area contributed by atoms with Crippen molar-refractivity contribution in [1.82, 2.24) is 19.7 Å². The summed E-state index contributed by atoms with van der Waals surface area (Å²) in [5.41, 5.74) is 0. The third kappa shape index (κ3) is 2.42. The van der Waals surface area contributed by atoms with E-state index in [1.807, 2.05) is 0 Å². The van der Waals surface area contributed by atoms with E-state index in [1.165, 1.54) is 18.5 Å². The van der Waals surface area contributed by atoms with Crippen LogP contribution in [0.5, 0.6) is 0 Å². The highest BCUT2D eigenvalue weighted by atomic mass is 32.2. The molecule has 0 aliphatic heterocycles. The van der Waals surface area contributed by atoms with Crippen LogP contribution in [0.25, 0.3) is 5.95 Å². The fraction of sp³-hybridized carbons (Fsp3) is 0.143. The van der Waals surface area contributed by atoms with Crippen LogP contribution < -0.4 is 0 Å². The Balaban J connectivity index is 2.64. The van der Waals surface area contributed by atoms with Gasteiger partial charge < -0.3 is 0 Å². The number of halogens is 3. The largest absolute Gasteiger partial charge is 0.445 e. The van der Waals surface area contributed by atoms with Gasteiger partial charge in [0.05, 0.1) is 0 Å². The van der Waals surface area contributed by atoms with Crippen LogP contribution in [0.3, 0.4) is 0 Å². The molecule has 0 aromatic carbocycles. The van der Waals surface area contributed by atoms with Crippen molar-refractivity contribution in [3.05, 3.63) is 27.4 Å². The monoisotopic (exact) mass is 280 g/mol. The number of nitrogens with zero attached hydrogens (tertiary/aromatic N) is 4. The number of rotatable bonds is 1. The molecule has 0 bridgehead atoms. The SMILES string of the molecule is O=S=c1sc(C(F)(F)F)nn1-c1ncccn1. The van der Waals surface area contributed by atoms with Crippen molar-refractivity contribution >= 4 is 22.6 Å². The first-order valence-corrected chi connectivity index (χ1v) is 5.66. The van der Waals surface area contributed by atoms with E-state index in [-0.39, 0.29) is 32.5 Å². The molecule has 0 unspecified atom stereocenters. The van der Waals surface area contributed by atoms with Gasteiger partial charge in [0.25, 0.3) is 5.95 Å². The lowest BCUT2D eigenvalue weighted by atomic mass is 10.7. The van der Waals surface area contributed by atoms with Crippen LogP contribution in [0, 0.1) is 3.95 Å². The third-order valence-electron chi connectivity index (χ3n) is 1.60. The van der Waals surface area contributed by atoms with Crippen LogP contribution in [0.15, 0.2) is 18.5 Å². The molecule has 2 heterocycles. The minimum atomic E-state index is -4.59. The Kier molecular flexibility index (Phi) is 3.07. The molecule has 0 N–H and O–H groups in total. The highest BCUT2D eigenvalue weighted by Crippen LogP contribution is 2.31. The van der Waals surface area contributed by atoms with Crippen LogP contribution in [0.4, 0.5) is 13.2 Å². The second-order valence-corrected chi connectivity index (χ2v) is 4.50. The summed E-state index contributed by atoms with van der Waals surface area (Å²) in [5.74, 6) is -0.0717. The van der Waals surface area contributed by atoms with Crippen molar-refractivity contribution in [2.75, 3.05) is 0 Å². The summed E-state index contributed by atoms with van der Waals surface area (Å²) in [7, 11) is 0. The quantitative estimate of drug-likeness (QED) is 0.742. The lowest BCUT2D eigenvalue weighted by molar-refractivity contribution is -0.138. The summed E-state index contributed by atoms with van der Waals surface area (Å²) in [4.78, 5) is 7.46. The standard InChI is InChI=1S/C7H3F3N4OS2/c8-7(9,10)4-13-14(6(16-4)17-15)5-11-2-1-3-12-5/h1-3H. The molecular formula is C7H3F3N4OS2. The van der Waals surface area contributed by atoms with Gasteiger partial charge in [-0.05, 0) is 6.07 Å². The molecule has 90 valence electrons. The Labute approximate surface area is 99.7 Å². The molecule has 0 spiro atoms. The zero-order valence-corrected chi connectivity index (χ0v) is 9.51. The molecule has 0 aliphatic rings. The van der Waals surface area contributed by atoms with E-state index in [9.17, 15) is 17.4 Å². The van der Waals surface area contributed by atoms with Gasteiger partial charge in [0.2, 0.25) is 8.96 Å². The number of hydrogen-bond acceptors (Lipinski definition) is 5. The Bertz CT molecular complexity index is 614. The van der Waals surface area contributed by atoms with Crippen molar-refractivity contribution in [2.45, 2.75) is 6.18 Å². The fourth-order valence-corrected chi connectivity index (χ4v) is 2.15. The zero-order chi connectivity index (χ0) is 12.5. The molecule has 5 nitrogen and oxygen atoms in total. The molecule has 0 radical (unpaired) electrons. The molecule has 10 heteroatoms. The van der Waals surface area contributed by atoms with E-state index < -0.39 is 11.2 Å². The van der Waals surface area contributed by atoms with E-state index in [0.717, 1.165) is 4.68 Å². The van der Waals surface area contributed by atoms with E-state index in [0.29, 0.717) is 0 Å². The van der Waals surface area contributed by atoms with Gasteiger partial charge in [0, 0.05) is 12.4 Å². The third-order valence-corrected chi connectivity index (χ3v) is 3.23. The average molecular weight is 280 g/mol. The Morgan fingerprint density at radius 1 is 1.29 bits per heavy atom. The average Bonchev–Trinajstić information content (AvgIpc) is 2.73.